The SMILES string of the molecule is Cc1ncoc1C(=O)N1CCCC(c2ncc(Cc3ccccc3)o2)C1. The van der Waals surface area contributed by atoms with Crippen molar-refractivity contribution < 1.29 is 13.6 Å². The Morgan fingerprint density at radius 1 is 1.27 bits per heavy atom. The lowest BCUT2D eigenvalue weighted by Crippen LogP contribution is -2.39. The monoisotopic (exact) mass is 351 g/mol. The van der Waals surface area contributed by atoms with E-state index in [9.17, 15) is 4.79 Å². The lowest BCUT2D eigenvalue weighted by atomic mass is 9.97. The van der Waals surface area contributed by atoms with Crippen LogP contribution in [0.15, 0.2) is 51.8 Å². The highest BCUT2D eigenvalue weighted by Crippen LogP contribution is 2.28. The zero-order chi connectivity index (χ0) is 17.9. The van der Waals surface area contributed by atoms with Gasteiger partial charge >= 0.3 is 0 Å². The zero-order valence-corrected chi connectivity index (χ0v) is 14.7. The van der Waals surface area contributed by atoms with Crippen LogP contribution >= 0.6 is 0 Å². The van der Waals surface area contributed by atoms with Crippen molar-refractivity contribution >= 4 is 5.91 Å². The number of benzene rings is 1. The Bertz CT molecular complexity index is 885. The third kappa shape index (κ3) is 3.40. The number of piperidine rings is 1. The molecule has 1 aliphatic heterocycles. The fourth-order valence-electron chi connectivity index (χ4n) is 3.40. The molecule has 0 radical (unpaired) electrons. The third-order valence-corrected chi connectivity index (χ3v) is 4.79. The second-order valence-corrected chi connectivity index (χ2v) is 6.68. The highest BCUT2D eigenvalue weighted by atomic mass is 16.4. The van der Waals surface area contributed by atoms with Crippen LogP contribution in [0.5, 0.6) is 0 Å². The maximum Gasteiger partial charge on any atom is 0.291 e. The van der Waals surface area contributed by atoms with Gasteiger partial charge in [0.2, 0.25) is 5.76 Å². The fourth-order valence-corrected chi connectivity index (χ4v) is 3.40. The van der Waals surface area contributed by atoms with Gasteiger partial charge < -0.3 is 13.7 Å². The van der Waals surface area contributed by atoms with Crippen LogP contribution in [0.2, 0.25) is 0 Å². The number of rotatable bonds is 4. The fraction of sp³-hybridized carbons (Fsp3) is 0.350. The molecule has 134 valence electrons. The molecule has 1 amide bonds. The molecule has 0 aliphatic carbocycles. The molecular formula is C20H21N3O3. The molecule has 3 heterocycles. The van der Waals surface area contributed by atoms with Crippen LogP contribution in [0, 0.1) is 6.92 Å². The van der Waals surface area contributed by atoms with Gasteiger partial charge in [-0.1, -0.05) is 30.3 Å². The highest BCUT2D eigenvalue weighted by molar-refractivity contribution is 5.92. The van der Waals surface area contributed by atoms with Gasteiger partial charge in [0.1, 0.15) is 5.76 Å². The first-order valence-corrected chi connectivity index (χ1v) is 8.88. The standard InChI is InChI=1S/C20H21N3O3/c1-14-18(25-13-22-14)20(24)23-9-5-8-16(12-23)19-21-11-17(26-19)10-15-6-3-2-4-7-15/h2-4,6-7,11,13,16H,5,8-10,12H2,1H3. The summed E-state index contributed by atoms with van der Waals surface area (Å²) >= 11 is 0. The van der Waals surface area contributed by atoms with E-state index in [0.29, 0.717) is 30.4 Å². The summed E-state index contributed by atoms with van der Waals surface area (Å²) in [6, 6.07) is 10.2. The van der Waals surface area contributed by atoms with Crippen molar-refractivity contribution in [3.63, 3.8) is 0 Å². The molecule has 0 saturated carbocycles. The minimum Gasteiger partial charge on any atom is -0.445 e. The first-order valence-electron chi connectivity index (χ1n) is 8.88. The average Bonchev–Trinajstić information content (AvgIpc) is 3.31. The summed E-state index contributed by atoms with van der Waals surface area (Å²) in [5.74, 6) is 1.88. The van der Waals surface area contributed by atoms with E-state index in [4.69, 9.17) is 8.83 Å². The minimum absolute atomic E-state index is 0.110. The van der Waals surface area contributed by atoms with Crippen LogP contribution in [0.1, 0.15) is 52.2 Å². The summed E-state index contributed by atoms with van der Waals surface area (Å²) < 4.78 is 11.2. The topological polar surface area (TPSA) is 72.4 Å². The summed E-state index contributed by atoms with van der Waals surface area (Å²) in [7, 11) is 0. The number of aromatic nitrogens is 2. The summed E-state index contributed by atoms with van der Waals surface area (Å²) in [4.78, 5) is 22.9. The Morgan fingerprint density at radius 2 is 2.12 bits per heavy atom. The van der Waals surface area contributed by atoms with Gasteiger partial charge in [0.05, 0.1) is 17.8 Å². The minimum atomic E-state index is -0.110. The first-order chi connectivity index (χ1) is 12.7. The Morgan fingerprint density at radius 3 is 2.88 bits per heavy atom. The summed E-state index contributed by atoms with van der Waals surface area (Å²) in [6.07, 6.45) is 5.71. The molecule has 0 bridgehead atoms. The van der Waals surface area contributed by atoms with E-state index >= 15 is 0 Å². The number of oxazole rings is 2. The van der Waals surface area contributed by atoms with Crippen molar-refractivity contribution in [2.45, 2.75) is 32.1 Å². The molecule has 1 saturated heterocycles. The van der Waals surface area contributed by atoms with Crippen molar-refractivity contribution in [2.75, 3.05) is 13.1 Å². The van der Waals surface area contributed by atoms with Gasteiger partial charge in [-0.05, 0) is 25.3 Å². The second-order valence-electron chi connectivity index (χ2n) is 6.68. The van der Waals surface area contributed by atoms with E-state index in [1.165, 1.54) is 12.0 Å². The predicted molar refractivity (Wildman–Crippen MR) is 94.9 cm³/mol. The summed E-state index contributed by atoms with van der Waals surface area (Å²) in [5, 5.41) is 0. The number of amides is 1. The van der Waals surface area contributed by atoms with Gasteiger partial charge in [-0.2, -0.15) is 0 Å². The maximum absolute atomic E-state index is 12.6. The van der Waals surface area contributed by atoms with E-state index in [0.717, 1.165) is 25.0 Å². The molecule has 1 atom stereocenters. The molecule has 3 aromatic rings. The van der Waals surface area contributed by atoms with Crippen molar-refractivity contribution in [1.29, 1.82) is 0 Å². The molecule has 26 heavy (non-hydrogen) atoms. The molecule has 2 aromatic heterocycles. The van der Waals surface area contributed by atoms with Crippen molar-refractivity contribution in [1.82, 2.24) is 14.9 Å². The maximum atomic E-state index is 12.6. The number of aryl methyl sites for hydroxylation is 1. The van der Waals surface area contributed by atoms with Crippen LogP contribution in [-0.4, -0.2) is 33.9 Å². The van der Waals surface area contributed by atoms with Gasteiger partial charge in [0.25, 0.3) is 5.91 Å². The Labute approximate surface area is 151 Å². The highest BCUT2D eigenvalue weighted by Gasteiger charge is 2.30. The van der Waals surface area contributed by atoms with Crippen LogP contribution in [0.3, 0.4) is 0 Å². The molecule has 1 unspecified atom stereocenters. The molecular weight excluding hydrogens is 330 g/mol. The van der Waals surface area contributed by atoms with Crippen molar-refractivity contribution in [3.05, 3.63) is 71.6 Å². The molecule has 6 nitrogen and oxygen atoms in total. The number of hydrogen-bond donors (Lipinski definition) is 0. The van der Waals surface area contributed by atoms with Crippen LogP contribution < -0.4 is 0 Å². The van der Waals surface area contributed by atoms with Gasteiger partial charge in [-0.3, -0.25) is 4.79 Å². The van der Waals surface area contributed by atoms with E-state index in [2.05, 4.69) is 22.1 Å². The molecule has 0 N–H and O–H groups in total. The van der Waals surface area contributed by atoms with Crippen LogP contribution in [0.25, 0.3) is 0 Å². The second kappa shape index (κ2) is 7.15. The van der Waals surface area contributed by atoms with E-state index in [-0.39, 0.29) is 11.8 Å². The Kier molecular flexibility index (Phi) is 4.56. The Hall–Kier alpha value is -2.89. The number of carbonyl (C=O) groups excluding carboxylic acids is 1. The van der Waals surface area contributed by atoms with Crippen LogP contribution in [-0.2, 0) is 6.42 Å². The molecule has 6 heteroatoms. The number of carbonyl (C=O) groups is 1. The van der Waals surface area contributed by atoms with Gasteiger partial charge in [0.15, 0.2) is 12.3 Å². The van der Waals surface area contributed by atoms with Crippen LogP contribution in [0.4, 0.5) is 0 Å². The van der Waals surface area contributed by atoms with E-state index < -0.39 is 0 Å². The number of hydrogen-bond acceptors (Lipinski definition) is 5. The lowest BCUT2D eigenvalue weighted by molar-refractivity contribution is 0.0664. The van der Waals surface area contributed by atoms with Crippen molar-refractivity contribution in [3.8, 4) is 0 Å². The smallest absolute Gasteiger partial charge is 0.291 e. The first kappa shape index (κ1) is 16.6. The quantitative estimate of drug-likeness (QED) is 0.718. The molecule has 1 fully saturated rings. The van der Waals surface area contributed by atoms with Crippen molar-refractivity contribution in [2.24, 2.45) is 0 Å². The molecule has 0 spiro atoms. The zero-order valence-electron chi connectivity index (χ0n) is 14.7. The predicted octanol–water partition coefficient (Wildman–Crippen LogP) is 3.58. The van der Waals surface area contributed by atoms with E-state index in [1.54, 1.807) is 13.1 Å². The largest absolute Gasteiger partial charge is 0.445 e. The van der Waals surface area contributed by atoms with Gasteiger partial charge in [-0.25, -0.2) is 9.97 Å². The average molecular weight is 351 g/mol. The van der Waals surface area contributed by atoms with E-state index in [1.807, 2.05) is 23.1 Å². The molecule has 1 aromatic carbocycles. The normalized spacial score (nSPS) is 17.4. The number of likely N-dealkylation sites (tertiary alicyclic amines) is 1. The van der Waals surface area contributed by atoms with Gasteiger partial charge in [-0.15, -0.1) is 0 Å². The Balaban J connectivity index is 1.45. The third-order valence-electron chi connectivity index (χ3n) is 4.79. The number of nitrogens with zero attached hydrogens (tertiary/aromatic N) is 3. The lowest BCUT2D eigenvalue weighted by Gasteiger charge is -2.30. The summed E-state index contributed by atoms with van der Waals surface area (Å²) in [6.45, 7) is 3.08. The summed E-state index contributed by atoms with van der Waals surface area (Å²) in [5.41, 5.74) is 1.81. The molecule has 1 aliphatic rings. The molecule has 4 rings (SSSR count). The van der Waals surface area contributed by atoms with Gasteiger partial charge in [0, 0.05) is 19.5 Å².